The molecule has 3 nitrogen and oxygen atoms in total. The lowest BCUT2D eigenvalue weighted by Crippen LogP contribution is -2.33. The topological polar surface area (TPSA) is 40.5 Å². The number of carbonyl (C=O) groups is 1. The van der Waals surface area contributed by atoms with Gasteiger partial charge in [-0.1, -0.05) is 60.7 Å². The number of benzene rings is 2. The zero-order valence-electron chi connectivity index (χ0n) is 12.4. The Kier molecular flexibility index (Phi) is 4.35. The molecule has 0 aliphatic carbocycles. The molecule has 2 aromatic rings. The van der Waals surface area contributed by atoms with Gasteiger partial charge in [0.1, 0.15) is 0 Å². The van der Waals surface area contributed by atoms with E-state index in [-0.39, 0.29) is 0 Å². The highest BCUT2D eigenvalue weighted by molar-refractivity contribution is 5.97. The normalized spacial score (nSPS) is 15.8. The first kappa shape index (κ1) is 14.5. The zero-order chi connectivity index (χ0) is 15.4. The van der Waals surface area contributed by atoms with Gasteiger partial charge in [0.25, 0.3) is 0 Å². The molecule has 0 atom stereocenters. The Balaban J connectivity index is 1.83. The molecular formula is C19H19NO2. The van der Waals surface area contributed by atoms with Gasteiger partial charge in [-0.15, -0.1) is 0 Å². The van der Waals surface area contributed by atoms with Crippen LogP contribution < -0.4 is 0 Å². The second-order valence-corrected chi connectivity index (χ2v) is 5.57. The highest BCUT2D eigenvalue weighted by atomic mass is 16.4. The third kappa shape index (κ3) is 3.26. The molecule has 3 heteroatoms. The van der Waals surface area contributed by atoms with Crippen molar-refractivity contribution in [3.05, 3.63) is 77.4 Å². The Morgan fingerprint density at radius 3 is 2.27 bits per heavy atom. The molecule has 22 heavy (non-hydrogen) atoms. The highest BCUT2D eigenvalue weighted by Gasteiger charge is 2.24. The number of rotatable bonds is 4. The second kappa shape index (κ2) is 6.58. The second-order valence-electron chi connectivity index (χ2n) is 5.57. The fraction of sp³-hybridized carbons (Fsp3) is 0.211. The largest absolute Gasteiger partial charge is 0.478 e. The summed E-state index contributed by atoms with van der Waals surface area (Å²) >= 11 is 0. The molecule has 112 valence electrons. The number of carboxylic acid groups (broad SMARTS) is 1. The average Bonchev–Trinajstić information content (AvgIpc) is 2.56. The van der Waals surface area contributed by atoms with Gasteiger partial charge in [-0.2, -0.15) is 0 Å². The van der Waals surface area contributed by atoms with Gasteiger partial charge in [0.15, 0.2) is 0 Å². The van der Waals surface area contributed by atoms with E-state index in [1.54, 1.807) is 0 Å². The molecule has 1 N–H and O–H groups in total. The molecule has 0 amide bonds. The number of hydrogen-bond donors (Lipinski definition) is 1. The van der Waals surface area contributed by atoms with Gasteiger partial charge in [-0.3, -0.25) is 4.90 Å². The van der Waals surface area contributed by atoms with Crippen molar-refractivity contribution in [3.8, 4) is 0 Å². The number of aliphatic carboxylic acids is 1. The Labute approximate surface area is 130 Å². The molecule has 0 bridgehead atoms. The summed E-state index contributed by atoms with van der Waals surface area (Å²) in [5, 5.41) is 9.57. The molecule has 0 saturated carbocycles. The molecule has 0 aromatic heterocycles. The van der Waals surface area contributed by atoms with Crippen molar-refractivity contribution < 1.29 is 9.90 Å². The van der Waals surface area contributed by atoms with E-state index >= 15 is 0 Å². The van der Waals surface area contributed by atoms with Gasteiger partial charge in [0.05, 0.1) is 5.57 Å². The van der Waals surface area contributed by atoms with E-state index in [1.165, 1.54) is 5.56 Å². The van der Waals surface area contributed by atoms with Gasteiger partial charge in [0.2, 0.25) is 0 Å². The fourth-order valence-electron chi connectivity index (χ4n) is 2.95. The summed E-state index contributed by atoms with van der Waals surface area (Å²) in [6, 6.07) is 20.0. The first-order valence-corrected chi connectivity index (χ1v) is 7.51. The van der Waals surface area contributed by atoms with E-state index in [4.69, 9.17) is 0 Å². The third-order valence-electron chi connectivity index (χ3n) is 4.05. The quantitative estimate of drug-likeness (QED) is 0.939. The summed E-state index contributed by atoms with van der Waals surface area (Å²) in [5.74, 6) is -0.809. The molecule has 1 heterocycles. The molecule has 0 spiro atoms. The van der Waals surface area contributed by atoms with Crippen molar-refractivity contribution in [1.82, 2.24) is 4.90 Å². The van der Waals surface area contributed by atoms with Crippen LogP contribution in [0.4, 0.5) is 0 Å². The Hall–Kier alpha value is -2.39. The maximum atomic E-state index is 11.7. The SMILES string of the molecule is O=C(O)C1=C(c2ccccc2)CCN(Cc2ccccc2)C1. The van der Waals surface area contributed by atoms with E-state index in [0.717, 1.165) is 30.6 Å². The van der Waals surface area contributed by atoms with Crippen LogP contribution in [0.15, 0.2) is 66.2 Å². The lowest BCUT2D eigenvalue weighted by atomic mass is 9.93. The minimum absolute atomic E-state index is 0.494. The third-order valence-corrected chi connectivity index (χ3v) is 4.05. The van der Waals surface area contributed by atoms with E-state index in [1.807, 2.05) is 48.5 Å². The summed E-state index contributed by atoms with van der Waals surface area (Å²) < 4.78 is 0. The van der Waals surface area contributed by atoms with Crippen LogP contribution in [-0.2, 0) is 11.3 Å². The monoisotopic (exact) mass is 293 g/mol. The summed E-state index contributed by atoms with van der Waals surface area (Å²) in [6.07, 6.45) is 0.776. The van der Waals surface area contributed by atoms with Gasteiger partial charge >= 0.3 is 5.97 Å². The van der Waals surface area contributed by atoms with Crippen LogP contribution in [0.3, 0.4) is 0 Å². The number of carboxylic acids is 1. The minimum Gasteiger partial charge on any atom is -0.478 e. The predicted octanol–water partition coefficient (Wildman–Crippen LogP) is 3.43. The van der Waals surface area contributed by atoms with Crippen molar-refractivity contribution in [2.45, 2.75) is 13.0 Å². The summed E-state index contributed by atoms with van der Waals surface area (Å²) in [5.41, 5.74) is 3.74. The van der Waals surface area contributed by atoms with Crippen molar-refractivity contribution in [1.29, 1.82) is 0 Å². The van der Waals surface area contributed by atoms with Crippen molar-refractivity contribution >= 4 is 11.5 Å². The van der Waals surface area contributed by atoms with Crippen LogP contribution >= 0.6 is 0 Å². The molecule has 0 unspecified atom stereocenters. The molecule has 0 saturated heterocycles. The number of nitrogens with zero attached hydrogens (tertiary/aromatic N) is 1. The fourth-order valence-corrected chi connectivity index (χ4v) is 2.95. The van der Waals surface area contributed by atoms with Crippen LogP contribution in [0.5, 0.6) is 0 Å². The van der Waals surface area contributed by atoms with E-state index in [9.17, 15) is 9.90 Å². The van der Waals surface area contributed by atoms with Crippen LogP contribution in [-0.4, -0.2) is 29.1 Å². The first-order valence-electron chi connectivity index (χ1n) is 7.51. The summed E-state index contributed by atoms with van der Waals surface area (Å²) in [6.45, 7) is 2.17. The maximum absolute atomic E-state index is 11.7. The van der Waals surface area contributed by atoms with Crippen molar-refractivity contribution in [2.24, 2.45) is 0 Å². The van der Waals surface area contributed by atoms with Crippen molar-refractivity contribution in [3.63, 3.8) is 0 Å². The van der Waals surface area contributed by atoms with Gasteiger partial charge in [-0.05, 0) is 23.1 Å². The van der Waals surface area contributed by atoms with Gasteiger partial charge < -0.3 is 5.11 Å². The zero-order valence-corrected chi connectivity index (χ0v) is 12.4. The molecule has 2 aromatic carbocycles. The van der Waals surface area contributed by atoms with Gasteiger partial charge in [0, 0.05) is 19.6 Å². The molecule has 1 aliphatic heterocycles. The molecule has 3 rings (SSSR count). The Morgan fingerprint density at radius 2 is 1.64 bits per heavy atom. The first-order chi connectivity index (χ1) is 10.7. The van der Waals surface area contributed by atoms with E-state index in [0.29, 0.717) is 12.1 Å². The Morgan fingerprint density at radius 1 is 1.00 bits per heavy atom. The molecular weight excluding hydrogens is 274 g/mol. The van der Waals surface area contributed by atoms with Crippen molar-refractivity contribution in [2.75, 3.05) is 13.1 Å². The molecule has 1 aliphatic rings. The Bertz CT molecular complexity index is 677. The smallest absolute Gasteiger partial charge is 0.333 e. The molecule has 0 fully saturated rings. The van der Waals surface area contributed by atoms with Crippen LogP contribution in [0.2, 0.25) is 0 Å². The van der Waals surface area contributed by atoms with E-state index in [2.05, 4.69) is 17.0 Å². The van der Waals surface area contributed by atoms with Gasteiger partial charge in [-0.25, -0.2) is 4.79 Å². The standard InChI is InChI=1S/C19H19NO2/c21-19(22)18-14-20(13-15-7-3-1-4-8-15)12-11-17(18)16-9-5-2-6-10-16/h1-10H,11-14H2,(H,21,22). The lowest BCUT2D eigenvalue weighted by molar-refractivity contribution is -0.133. The van der Waals surface area contributed by atoms with Crippen LogP contribution in [0, 0.1) is 0 Å². The number of hydrogen-bond acceptors (Lipinski definition) is 2. The van der Waals surface area contributed by atoms with E-state index < -0.39 is 5.97 Å². The minimum atomic E-state index is -0.809. The summed E-state index contributed by atoms with van der Waals surface area (Å²) in [7, 11) is 0. The maximum Gasteiger partial charge on any atom is 0.333 e. The summed E-state index contributed by atoms with van der Waals surface area (Å²) in [4.78, 5) is 13.9. The lowest BCUT2D eigenvalue weighted by Gasteiger charge is -2.29. The van der Waals surface area contributed by atoms with Crippen LogP contribution in [0.1, 0.15) is 17.5 Å². The van der Waals surface area contributed by atoms with Crippen LogP contribution in [0.25, 0.3) is 5.57 Å². The predicted molar refractivity (Wildman–Crippen MR) is 87.3 cm³/mol. The average molecular weight is 293 g/mol. The highest BCUT2D eigenvalue weighted by Crippen LogP contribution is 2.28. The molecule has 0 radical (unpaired) electrons.